The van der Waals surface area contributed by atoms with Crippen molar-refractivity contribution in [3.05, 3.63) is 98.5 Å². The molecule has 27 heavy (non-hydrogen) atoms. The van der Waals surface area contributed by atoms with Crippen molar-refractivity contribution in [1.29, 1.82) is 0 Å². The molecule has 4 rings (SSSR count). The van der Waals surface area contributed by atoms with Gasteiger partial charge >= 0.3 is 0 Å². The van der Waals surface area contributed by atoms with Gasteiger partial charge in [-0.2, -0.15) is 0 Å². The second-order valence-electron chi connectivity index (χ2n) is 6.20. The molecule has 0 N–H and O–H groups in total. The van der Waals surface area contributed by atoms with E-state index in [1.165, 1.54) is 6.07 Å². The number of rotatable bonds is 3. The number of nitro groups is 1. The van der Waals surface area contributed by atoms with Gasteiger partial charge in [-0.25, -0.2) is 0 Å². The molecule has 0 amide bonds. The maximum Gasteiger partial charge on any atom is 0.269 e. The van der Waals surface area contributed by atoms with Crippen LogP contribution in [0.25, 0.3) is 0 Å². The van der Waals surface area contributed by atoms with Crippen molar-refractivity contribution in [1.82, 2.24) is 0 Å². The quantitative estimate of drug-likeness (QED) is 0.337. The van der Waals surface area contributed by atoms with Gasteiger partial charge in [0.25, 0.3) is 5.69 Å². The minimum absolute atomic E-state index is 0.0518. The van der Waals surface area contributed by atoms with E-state index in [0.29, 0.717) is 6.42 Å². The van der Waals surface area contributed by atoms with E-state index in [9.17, 15) is 10.1 Å². The van der Waals surface area contributed by atoms with Crippen LogP contribution in [0.5, 0.6) is 0 Å². The number of aliphatic imine (C=N–C) groups is 1. The number of nitrogens with zero attached hydrogens (tertiary/aromatic N) is 2. The third kappa shape index (κ3) is 3.96. The Morgan fingerprint density at radius 1 is 1.04 bits per heavy atom. The van der Waals surface area contributed by atoms with E-state index in [-0.39, 0.29) is 15.9 Å². The number of benzene rings is 3. The summed E-state index contributed by atoms with van der Waals surface area (Å²) in [6.45, 7) is 0. The van der Waals surface area contributed by atoms with Crippen LogP contribution in [0.4, 0.5) is 11.4 Å². The fraction of sp³-hybridized carbons (Fsp3) is 0.0952. The molecule has 0 bridgehead atoms. The third-order valence-electron chi connectivity index (χ3n) is 4.40. The van der Waals surface area contributed by atoms with Crippen LogP contribution in [0.3, 0.4) is 0 Å². The molecule has 0 saturated carbocycles. The van der Waals surface area contributed by atoms with Gasteiger partial charge in [0, 0.05) is 38.9 Å². The Morgan fingerprint density at radius 3 is 2.59 bits per heavy atom. The topological polar surface area (TPSA) is 55.5 Å². The second kappa shape index (κ2) is 7.66. The molecule has 0 spiro atoms. The first-order chi connectivity index (χ1) is 13.1. The van der Waals surface area contributed by atoms with Gasteiger partial charge in [0.15, 0.2) is 0 Å². The van der Waals surface area contributed by atoms with Crippen molar-refractivity contribution in [3.63, 3.8) is 0 Å². The van der Waals surface area contributed by atoms with Crippen LogP contribution in [0.15, 0.2) is 87.2 Å². The van der Waals surface area contributed by atoms with E-state index in [1.807, 2.05) is 48.5 Å². The molecule has 3 aromatic rings. The number of para-hydroxylation sites is 1. The zero-order chi connectivity index (χ0) is 18.8. The van der Waals surface area contributed by atoms with Crippen LogP contribution >= 0.6 is 27.7 Å². The number of fused-ring (bicyclic) bond motifs is 1. The zero-order valence-corrected chi connectivity index (χ0v) is 16.6. The molecule has 1 heterocycles. The first kappa shape index (κ1) is 17.9. The molecule has 1 atom stereocenters. The summed E-state index contributed by atoms with van der Waals surface area (Å²) in [6, 6.07) is 23.1. The minimum Gasteiger partial charge on any atom is -0.258 e. The summed E-state index contributed by atoms with van der Waals surface area (Å²) in [4.78, 5) is 16.8. The number of hydrogen-bond acceptors (Lipinski definition) is 4. The number of hydrogen-bond donors (Lipinski definition) is 0. The SMILES string of the molecule is O=[N+]([O-])c1cccc([C@@H]2CC(c3ccc(Br)cc3)=Nc3ccccc3S2)c1. The average Bonchev–Trinajstić information content (AvgIpc) is 2.88. The predicted octanol–water partition coefficient (Wildman–Crippen LogP) is 6.72. The lowest BCUT2D eigenvalue weighted by atomic mass is 10.0. The van der Waals surface area contributed by atoms with Gasteiger partial charge in [0.1, 0.15) is 0 Å². The maximum absolute atomic E-state index is 11.2. The number of nitro benzene ring substituents is 1. The third-order valence-corrected chi connectivity index (χ3v) is 6.25. The van der Waals surface area contributed by atoms with Crippen molar-refractivity contribution in [2.75, 3.05) is 0 Å². The van der Waals surface area contributed by atoms with E-state index in [2.05, 4.69) is 22.0 Å². The summed E-state index contributed by atoms with van der Waals surface area (Å²) >= 11 is 5.18. The molecule has 134 valence electrons. The normalized spacial score (nSPS) is 16.2. The van der Waals surface area contributed by atoms with E-state index >= 15 is 0 Å². The molecule has 1 aliphatic heterocycles. The van der Waals surface area contributed by atoms with Gasteiger partial charge in [0.2, 0.25) is 0 Å². The average molecular weight is 439 g/mol. The monoisotopic (exact) mass is 438 g/mol. The highest BCUT2D eigenvalue weighted by Crippen LogP contribution is 2.45. The molecule has 0 radical (unpaired) electrons. The van der Waals surface area contributed by atoms with Crippen LogP contribution in [-0.4, -0.2) is 10.6 Å². The molecule has 0 saturated heterocycles. The molecule has 0 aromatic heterocycles. The Morgan fingerprint density at radius 2 is 1.81 bits per heavy atom. The lowest BCUT2D eigenvalue weighted by Crippen LogP contribution is -2.05. The number of thioether (sulfide) groups is 1. The molecular weight excluding hydrogens is 424 g/mol. The van der Waals surface area contributed by atoms with Crippen molar-refractivity contribution in [3.8, 4) is 0 Å². The Bertz CT molecular complexity index is 1030. The Labute approximate surface area is 169 Å². The summed E-state index contributed by atoms with van der Waals surface area (Å²) in [5.74, 6) is 0. The van der Waals surface area contributed by atoms with Crippen LogP contribution in [-0.2, 0) is 0 Å². The molecule has 0 aliphatic carbocycles. The van der Waals surface area contributed by atoms with Crippen molar-refractivity contribution < 1.29 is 4.92 Å². The molecule has 4 nitrogen and oxygen atoms in total. The number of halogens is 1. The fourth-order valence-electron chi connectivity index (χ4n) is 3.06. The standard InChI is InChI=1S/C21H15BrN2O2S/c22-16-10-8-14(9-11-16)19-13-21(15-4-3-5-17(12-15)24(25)26)27-20-7-2-1-6-18(20)23-19/h1-12,21H,13H2/t21-/m0/s1. The van der Waals surface area contributed by atoms with Crippen LogP contribution in [0, 0.1) is 10.1 Å². The lowest BCUT2D eigenvalue weighted by Gasteiger charge is -2.16. The van der Waals surface area contributed by atoms with Crippen LogP contribution in [0.2, 0.25) is 0 Å². The number of non-ortho nitro benzene ring substituents is 1. The van der Waals surface area contributed by atoms with E-state index in [0.717, 1.165) is 31.9 Å². The lowest BCUT2D eigenvalue weighted by molar-refractivity contribution is -0.384. The summed E-state index contributed by atoms with van der Waals surface area (Å²) in [6.07, 6.45) is 0.697. The van der Waals surface area contributed by atoms with E-state index in [1.54, 1.807) is 23.9 Å². The summed E-state index contributed by atoms with van der Waals surface area (Å²) in [5.41, 5.74) is 4.04. The Kier molecular flexibility index (Phi) is 5.09. The molecule has 3 aromatic carbocycles. The smallest absolute Gasteiger partial charge is 0.258 e. The largest absolute Gasteiger partial charge is 0.269 e. The first-order valence-electron chi connectivity index (χ1n) is 8.44. The maximum atomic E-state index is 11.2. The minimum atomic E-state index is -0.345. The first-order valence-corrected chi connectivity index (χ1v) is 10.1. The summed E-state index contributed by atoms with van der Waals surface area (Å²) in [7, 11) is 0. The van der Waals surface area contributed by atoms with Crippen molar-refractivity contribution in [2.24, 2.45) is 4.99 Å². The van der Waals surface area contributed by atoms with Crippen LogP contribution < -0.4 is 0 Å². The van der Waals surface area contributed by atoms with Gasteiger partial charge in [-0.05, 0) is 35.4 Å². The zero-order valence-electron chi connectivity index (χ0n) is 14.2. The molecule has 0 unspecified atom stereocenters. The van der Waals surface area contributed by atoms with E-state index < -0.39 is 0 Å². The van der Waals surface area contributed by atoms with Gasteiger partial charge in [0.05, 0.1) is 10.6 Å². The van der Waals surface area contributed by atoms with Gasteiger partial charge in [-0.1, -0.05) is 52.3 Å². The summed E-state index contributed by atoms with van der Waals surface area (Å²) < 4.78 is 1.02. The highest BCUT2D eigenvalue weighted by atomic mass is 79.9. The molecule has 6 heteroatoms. The van der Waals surface area contributed by atoms with E-state index in [4.69, 9.17) is 4.99 Å². The van der Waals surface area contributed by atoms with Gasteiger partial charge in [-0.15, -0.1) is 11.8 Å². The van der Waals surface area contributed by atoms with Crippen molar-refractivity contribution >= 4 is 44.8 Å². The fourth-order valence-corrected chi connectivity index (χ4v) is 4.55. The molecular formula is C21H15BrN2O2S. The van der Waals surface area contributed by atoms with Crippen molar-refractivity contribution in [2.45, 2.75) is 16.6 Å². The molecule has 1 aliphatic rings. The Balaban J connectivity index is 1.79. The molecule has 0 fully saturated rings. The highest BCUT2D eigenvalue weighted by Gasteiger charge is 2.23. The predicted molar refractivity (Wildman–Crippen MR) is 113 cm³/mol. The highest BCUT2D eigenvalue weighted by molar-refractivity contribution is 9.10. The summed E-state index contributed by atoms with van der Waals surface area (Å²) in [5, 5.41) is 11.2. The second-order valence-corrected chi connectivity index (χ2v) is 8.36. The Hall–Kier alpha value is -2.44. The van der Waals surface area contributed by atoms with Gasteiger partial charge in [-0.3, -0.25) is 15.1 Å². The van der Waals surface area contributed by atoms with Gasteiger partial charge < -0.3 is 0 Å². The van der Waals surface area contributed by atoms with Crippen LogP contribution in [0.1, 0.15) is 22.8 Å².